The van der Waals surface area contributed by atoms with Crippen LogP contribution in [0.15, 0.2) is 63.8 Å². The van der Waals surface area contributed by atoms with E-state index in [0.717, 1.165) is 16.7 Å². The van der Waals surface area contributed by atoms with Gasteiger partial charge in [0.25, 0.3) is 5.91 Å². The van der Waals surface area contributed by atoms with E-state index in [1.807, 2.05) is 58.0 Å². The molecule has 1 amide bonds. The third kappa shape index (κ3) is 3.34. The first kappa shape index (κ1) is 21.8. The first-order valence-electron chi connectivity index (χ1n) is 11.2. The Morgan fingerprint density at radius 1 is 1.00 bits per heavy atom. The third-order valence-corrected chi connectivity index (χ3v) is 6.37. The molecule has 172 valence electrons. The van der Waals surface area contributed by atoms with Gasteiger partial charge in [-0.3, -0.25) is 14.5 Å². The average Bonchev–Trinajstić information content (AvgIpc) is 3.09. The van der Waals surface area contributed by atoms with Crippen LogP contribution in [0.5, 0.6) is 11.5 Å². The van der Waals surface area contributed by atoms with Gasteiger partial charge in [0.15, 0.2) is 16.9 Å². The number of carbonyl (C=O) groups is 1. The fourth-order valence-corrected chi connectivity index (χ4v) is 4.56. The second-order valence-electron chi connectivity index (χ2n) is 8.68. The SMILES string of the molecule is CCOc1cc(C2c3c(oc4cc(C)c(C)cc4c3=O)C(=O)N2c2cccc(C)c2)ccc1O. The van der Waals surface area contributed by atoms with Crippen molar-refractivity contribution in [2.45, 2.75) is 33.7 Å². The van der Waals surface area contributed by atoms with Crippen LogP contribution >= 0.6 is 0 Å². The number of phenols is 1. The van der Waals surface area contributed by atoms with E-state index in [9.17, 15) is 14.7 Å². The highest BCUT2D eigenvalue weighted by Gasteiger charge is 2.44. The number of fused-ring (bicyclic) bond motifs is 2. The Balaban J connectivity index is 1.82. The molecule has 2 heterocycles. The van der Waals surface area contributed by atoms with Crippen molar-refractivity contribution in [1.29, 1.82) is 0 Å². The molecule has 0 spiro atoms. The van der Waals surface area contributed by atoms with Gasteiger partial charge < -0.3 is 14.3 Å². The Labute approximate surface area is 197 Å². The van der Waals surface area contributed by atoms with Crippen molar-refractivity contribution >= 4 is 22.6 Å². The minimum atomic E-state index is -0.730. The molecule has 0 fully saturated rings. The van der Waals surface area contributed by atoms with E-state index in [4.69, 9.17) is 9.15 Å². The van der Waals surface area contributed by atoms with Gasteiger partial charge in [-0.1, -0.05) is 18.2 Å². The first-order valence-corrected chi connectivity index (χ1v) is 11.2. The van der Waals surface area contributed by atoms with E-state index in [0.29, 0.717) is 34.6 Å². The summed E-state index contributed by atoms with van der Waals surface area (Å²) in [5, 5.41) is 10.7. The zero-order valence-corrected chi connectivity index (χ0v) is 19.5. The molecule has 0 radical (unpaired) electrons. The first-order chi connectivity index (χ1) is 16.3. The predicted molar refractivity (Wildman–Crippen MR) is 131 cm³/mol. The standard InChI is InChI=1S/C28H25NO5/c1-5-33-23-14-18(9-10-21(23)30)25-24-26(31)20-12-16(3)17(4)13-22(20)34-27(24)28(32)29(25)19-8-6-7-15(2)11-19/h6-14,25,30H,5H2,1-4H3. The van der Waals surface area contributed by atoms with Crippen molar-refractivity contribution in [3.05, 3.63) is 98.4 Å². The maximum atomic E-state index is 13.8. The highest BCUT2D eigenvalue weighted by molar-refractivity contribution is 6.10. The zero-order chi connectivity index (χ0) is 24.1. The van der Waals surface area contributed by atoms with Crippen LogP contribution in [0.25, 0.3) is 11.0 Å². The van der Waals surface area contributed by atoms with Crippen LogP contribution in [0.1, 0.15) is 51.3 Å². The van der Waals surface area contributed by atoms with Crippen LogP contribution in [-0.2, 0) is 0 Å². The molecule has 6 heteroatoms. The number of anilines is 1. The van der Waals surface area contributed by atoms with Crippen molar-refractivity contribution < 1.29 is 19.1 Å². The molecule has 34 heavy (non-hydrogen) atoms. The number of amides is 1. The van der Waals surface area contributed by atoms with Crippen LogP contribution < -0.4 is 15.1 Å². The molecule has 1 aromatic heterocycles. The number of hydrogen-bond donors (Lipinski definition) is 1. The van der Waals surface area contributed by atoms with E-state index < -0.39 is 6.04 Å². The number of carbonyl (C=O) groups excluding carboxylic acids is 1. The van der Waals surface area contributed by atoms with Crippen molar-refractivity contribution in [3.8, 4) is 11.5 Å². The third-order valence-electron chi connectivity index (χ3n) is 6.37. The van der Waals surface area contributed by atoms with Crippen molar-refractivity contribution in [2.24, 2.45) is 0 Å². The van der Waals surface area contributed by atoms with Gasteiger partial charge in [0, 0.05) is 5.69 Å². The number of benzene rings is 3. The zero-order valence-electron chi connectivity index (χ0n) is 19.5. The lowest BCUT2D eigenvalue weighted by atomic mass is 9.96. The van der Waals surface area contributed by atoms with Gasteiger partial charge in [0.05, 0.1) is 23.6 Å². The molecule has 1 unspecified atom stereocenters. The molecular formula is C28H25NO5. The van der Waals surface area contributed by atoms with Crippen LogP contribution in [0.2, 0.25) is 0 Å². The van der Waals surface area contributed by atoms with Crippen molar-refractivity contribution in [3.63, 3.8) is 0 Å². The minimum absolute atomic E-state index is 0.00565. The number of aryl methyl sites for hydroxylation is 3. The second kappa shape index (κ2) is 8.06. The summed E-state index contributed by atoms with van der Waals surface area (Å²) in [6.45, 7) is 8.02. The van der Waals surface area contributed by atoms with Gasteiger partial charge in [-0.15, -0.1) is 0 Å². The lowest BCUT2D eigenvalue weighted by molar-refractivity contribution is 0.0971. The fraction of sp³-hybridized carbons (Fsp3) is 0.214. The molecular weight excluding hydrogens is 430 g/mol. The molecule has 0 saturated carbocycles. The molecule has 5 rings (SSSR count). The van der Waals surface area contributed by atoms with E-state index in [-0.39, 0.29) is 28.4 Å². The van der Waals surface area contributed by atoms with E-state index in [1.54, 1.807) is 23.1 Å². The maximum absolute atomic E-state index is 13.8. The summed E-state index contributed by atoms with van der Waals surface area (Å²) in [7, 11) is 0. The normalized spacial score (nSPS) is 15.1. The summed E-state index contributed by atoms with van der Waals surface area (Å²) in [6.07, 6.45) is 0. The van der Waals surface area contributed by atoms with Crippen LogP contribution in [0.3, 0.4) is 0 Å². The summed E-state index contributed by atoms with van der Waals surface area (Å²) in [5.41, 5.74) is 4.68. The summed E-state index contributed by atoms with van der Waals surface area (Å²) in [4.78, 5) is 29.1. The molecule has 3 aromatic carbocycles. The van der Waals surface area contributed by atoms with Gasteiger partial charge in [0.2, 0.25) is 5.76 Å². The highest BCUT2D eigenvalue weighted by atomic mass is 16.5. The maximum Gasteiger partial charge on any atom is 0.295 e. The Morgan fingerprint density at radius 2 is 1.76 bits per heavy atom. The number of ether oxygens (including phenoxy) is 1. The fourth-order valence-electron chi connectivity index (χ4n) is 4.56. The molecule has 0 aliphatic carbocycles. The van der Waals surface area contributed by atoms with Crippen LogP contribution in [-0.4, -0.2) is 17.6 Å². The van der Waals surface area contributed by atoms with E-state index >= 15 is 0 Å². The molecule has 4 aromatic rings. The lowest BCUT2D eigenvalue weighted by Crippen LogP contribution is -2.29. The van der Waals surface area contributed by atoms with Gasteiger partial charge in [-0.2, -0.15) is 0 Å². The highest BCUT2D eigenvalue weighted by Crippen LogP contribution is 2.43. The van der Waals surface area contributed by atoms with Crippen LogP contribution in [0.4, 0.5) is 5.69 Å². The second-order valence-corrected chi connectivity index (χ2v) is 8.68. The summed E-state index contributed by atoms with van der Waals surface area (Å²) < 4.78 is 11.7. The quantitative estimate of drug-likeness (QED) is 0.435. The molecule has 1 N–H and O–H groups in total. The summed E-state index contributed by atoms with van der Waals surface area (Å²) in [6, 6.07) is 15.4. The Hall–Kier alpha value is -4.06. The topological polar surface area (TPSA) is 80.0 Å². The molecule has 1 atom stereocenters. The van der Waals surface area contributed by atoms with Crippen LogP contribution in [0, 0.1) is 20.8 Å². The molecule has 6 nitrogen and oxygen atoms in total. The van der Waals surface area contributed by atoms with Gasteiger partial charge in [-0.25, -0.2) is 0 Å². The molecule has 1 aliphatic rings. The summed E-state index contributed by atoms with van der Waals surface area (Å²) >= 11 is 0. The van der Waals surface area contributed by atoms with Gasteiger partial charge in [0.1, 0.15) is 5.58 Å². The minimum Gasteiger partial charge on any atom is -0.504 e. The Bertz CT molecular complexity index is 1520. The van der Waals surface area contributed by atoms with E-state index in [2.05, 4.69) is 0 Å². The predicted octanol–water partition coefficient (Wildman–Crippen LogP) is 5.57. The Kier molecular flexibility index (Phi) is 5.16. The smallest absolute Gasteiger partial charge is 0.295 e. The molecule has 0 saturated heterocycles. The number of phenolic OH excluding ortho intramolecular Hbond substituents is 1. The van der Waals surface area contributed by atoms with Gasteiger partial charge >= 0.3 is 0 Å². The van der Waals surface area contributed by atoms with Crippen molar-refractivity contribution in [1.82, 2.24) is 0 Å². The largest absolute Gasteiger partial charge is 0.504 e. The summed E-state index contributed by atoms with van der Waals surface area (Å²) in [5.74, 6) is -0.0530. The number of hydrogen-bond acceptors (Lipinski definition) is 5. The average molecular weight is 456 g/mol. The lowest BCUT2D eigenvalue weighted by Gasteiger charge is -2.26. The number of nitrogens with zero attached hydrogens (tertiary/aromatic N) is 1. The molecule has 1 aliphatic heterocycles. The monoisotopic (exact) mass is 455 g/mol. The number of rotatable bonds is 4. The van der Waals surface area contributed by atoms with Gasteiger partial charge in [-0.05, 0) is 86.3 Å². The number of aromatic hydroxyl groups is 1. The molecule has 0 bridgehead atoms. The Morgan fingerprint density at radius 3 is 2.50 bits per heavy atom. The van der Waals surface area contributed by atoms with Crippen molar-refractivity contribution in [2.75, 3.05) is 11.5 Å². The van der Waals surface area contributed by atoms with E-state index in [1.165, 1.54) is 6.07 Å².